The van der Waals surface area contributed by atoms with Gasteiger partial charge in [0, 0.05) is 24.0 Å². The molecule has 3 rings (SSSR count). The Hall–Kier alpha value is -2.66. The zero-order chi connectivity index (χ0) is 17.1. The van der Waals surface area contributed by atoms with Gasteiger partial charge in [0.1, 0.15) is 0 Å². The maximum atomic E-state index is 12.3. The van der Waals surface area contributed by atoms with E-state index in [2.05, 4.69) is 10.4 Å². The zero-order valence-corrected chi connectivity index (χ0v) is 13.9. The van der Waals surface area contributed by atoms with Crippen molar-refractivity contribution in [3.63, 3.8) is 0 Å². The number of fused-ring (bicyclic) bond motifs is 1. The van der Waals surface area contributed by atoms with Crippen LogP contribution in [0, 0.1) is 0 Å². The monoisotopic (exact) mass is 341 g/mol. The maximum Gasteiger partial charge on any atom is 0.274 e. The lowest BCUT2D eigenvalue weighted by atomic mass is 10.1. The van der Waals surface area contributed by atoms with Gasteiger partial charge in [0.25, 0.3) is 5.56 Å². The van der Waals surface area contributed by atoms with Crippen LogP contribution in [0.5, 0.6) is 0 Å². The fourth-order valence-corrected chi connectivity index (χ4v) is 2.76. The molecular weight excluding hydrogens is 326 g/mol. The average molecular weight is 342 g/mol. The molecule has 0 aliphatic heterocycles. The van der Waals surface area contributed by atoms with Crippen molar-refractivity contribution in [3.05, 3.63) is 75.2 Å². The highest BCUT2D eigenvalue weighted by atomic mass is 35.5. The first-order valence-electron chi connectivity index (χ1n) is 7.51. The van der Waals surface area contributed by atoms with E-state index in [0.29, 0.717) is 28.0 Å². The fourth-order valence-electron chi connectivity index (χ4n) is 2.56. The Bertz CT molecular complexity index is 966. The number of hydrogen-bond donors (Lipinski definition) is 1. The number of carbonyl (C=O) groups is 1. The van der Waals surface area contributed by atoms with Crippen molar-refractivity contribution < 1.29 is 4.79 Å². The number of rotatable bonds is 4. The summed E-state index contributed by atoms with van der Waals surface area (Å²) in [6, 6.07) is 14.5. The summed E-state index contributed by atoms with van der Waals surface area (Å²) in [5.41, 5.74) is 1.25. The van der Waals surface area contributed by atoms with Gasteiger partial charge in [0.15, 0.2) is 0 Å². The molecule has 0 aliphatic rings. The van der Waals surface area contributed by atoms with Gasteiger partial charge in [-0.1, -0.05) is 48.0 Å². The molecule has 0 spiro atoms. The van der Waals surface area contributed by atoms with Gasteiger partial charge in [-0.15, -0.1) is 0 Å². The molecule has 1 amide bonds. The van der Waals surface area contributed by atoms with E-state index >= 15 is 0 Å². The Morgan fingerprint density at radius 2 is 1.79 bits per heavy atom. The van der Waals surface area contributed by atoms with Crippen molar-refractivity contribution in [1.82, 2.24) is 15.1 Å². The summed E-state index contributed by atoms with van der Waals surface area (Å²) in [6.07, 6.45) is 0.0963. The Labute approximate surface area is 143 Å². The lowest BCUT2D eigenvalue weighted by molar-refractivity contribution is -0.120. The third-order valence-corrected chi connectivity index (χ3v) is 4.16. The Morgan fingerprint density at radius 3 is 2.54 bits per heavy atom. The largest absolute Gasteiger partial charge is 0.352 e. The molecule has 1 aromatic heterocycles. The first-order chi connectivity index (χ1) is 11.6. The lowest BCUT2D eigenvalue weighted by Crippen LogP contribution is -2.27. The molecule has 0 radical (unpaired) electrons. The molecule has 0 saturated carbocycles. The quantitative estimate of drug-likeness (QED) is 0.792. The fraction of sp³-hybridized carbons (Fsp3) is 0.167. The van der Waals surface area contributed by atoms with Crippen LogP contribution in [0.2, 0.25) is 5.02 Å². The van der Waals surface area contributed by atoms with Crippen LogP contribution in [0.4, 0.5) is 0 Å². The van der Waals surface area contributed by atoms with E-state index in [1.54, 1.807) is 31.3 Å². The van der Waals surface area contributed by atoms with Crippen molar-refractivity contribution in [2.24, 2.45) is 7.05 Å². The minimum atomic E-state index is -0.175. The molecule has 1 N–H and O–H groups in total. The number of nitrogens with zero attached hydrogens (tertiary/aromatic N) is 2. The normalized spacial score (nSPS) is 10.8. The van der Waals surface area contributed by atoms with E-state index in [1.807, 2.05) is 24.3 Å². The van der Waals surface area contributed by atoms with E-state index in [-0.39, 0.29) is 17.9 Å². The number of nitrogens with one attached hydrogen (secondary N) is 1. The molecule has 0 atom stereocenters. The van der Waals surface area contributed by atoms with Gasteiger partial charge in [0.05, 0.1) is 17.5 Å². The van der Waals surface area contributed by atoms with Gasteiger partial charge in [0.2, 0.25) is 5.91 Å². The minimum Gasteiger partial charge on any atom is -0.352 e. The summed E-state index contributed by atoms with van der Waals surface area (Å²) in [6.45, 7) is 0.349. The van der Waals surface area contributed by atoms with Crippen molar-refractivity contribution in [1.29, 1.82) is 0 Å². The third-order valence-electron chi connectivity index (χ3n) is 3.79. The second kappa shape index (κ2) is 6.84. The van der Waals surface area contributed by atoms with Crippen molar-refractivity contribution >= 4 is 28.3 Å². The number of aromatic nitrogens is 2. The maximum absolute atomic E-state index is 12.3. The van der Waals surface area contributed by atoms with E-state index in [9.17, 15) is 9.59 Å². The molecule has 0 saturated heterocycles. The number of amides is 1. The Morgan fingerprint density at radius 1 is 1.12 bits per heavy atom. The molecule has 1 heterocycles. The van der Waals surface area contributed by atoms with E-state index in [1.165, 1.54) is 4.68 Å². The number of aryl methyl sites for hydroxylation is 1. The van der Waals surface area contributed by atoms with Crippen molar-refractivity contribution in [2.45, 2.75) is 13.0 Å². The number of benzene rings is 2. The molecule has 3 aromatic rings. The van der Waals surface area contributed by atoms with Gasteiger partial charge in [-0.3, -0.25) is 9.59 Å². The number of hydrogen-bond acceptors (Lipinski definition) is 3. The standard InChI is InChI=1S/C18H16ClN3O2/c1-22-18(24)14-8-4-3-7-13(14)16(21-22)10-17(23)20-11-12-6-2-5-9-15(12)19/h2-9H,10-11H2,1H3,(H,20,23). The second-order valence-electron chi connectivity index (χ2n) is 5.47. The highest BCUT2D eigenvalue weighted by Crippen LogP contribution is 2.15. The highest BCUT2D eigenvalue weighted by molar-refractivity contribution is 6.31. The van der Waals surface area contributed by atoms with E-state index in [4.69, 9.17) is 11.6 Å². The lowest BCUT2D eigenvalue weighted by Gasteiger charge is -2.09. The van der Waals surface area contributed by atoms with Gasteiger partial charge >= 0.3 is 0 Å². The molecule has 0 unspecified atom stereocenters. The van der Waals surface area contributed by atoms with Gasteiger partial charge in [-0.05, 0) is 17.7 Å². The highest BCUT2D eigenvalue weighted by Gasteiger charge is 2.12. The molecule has 0 fully saturated rings. The predicted molar refractivity (Wildman–Crippen MR) is 94.0 cm³/mol. The number of carbonyl (C=O) groups excluding carboxylic acids is 1. The summed E-state index contributed by atoms with van der Waals surface area (Å²) in [5, 5.41) is 8.94. The first kappa shape index (κ1) is 16.2. The van der Waals surface area contributed by atoms with Gasteiger partial charge in [-0.25, -0.2) is 4.68 Å². The summed E-state index contributed by atoms with van der Waals surface area (Å²) in [5.74, 6) is -0.175. The van der Waals surface area contributed by atoms with Gasteiger partial charge in [-0.2, -0.15) is 5.10 Å². The minimum absolute atomic E-state index is 0.0963. The van der Waals surface area contributed by atoms with E-state index in [0.717, 1.165) is 5.56 Å². The smallest absolute Gasteiger partial charge is 0.274 e. The van der Waals surface area contributed by atoms with Crippen LogP contribution in [-0.4, -0.2) is 15.7 Å². The molecule has 2 aromatic carbocycles. The molecule has 5 nitrogen and oxygen atoms in total. The van der Waals surface area contributed by atoms with Crippen LogP contribution in [-0.2, 0) is 24.8 Å². The molecule has 122 valence electrons. The molecule has 0 aliphatic carbocycles. The molecular formula is C18H16ClN3O2. The Balaban J connectivity index is 1.80. The average Bonchev–Trinajstić information content (AvgIpc) is 2.59. The summed E-state index contributed by atoms with van der Waals surface area (Å²) in [7, 11) is 1.58. The first-order valence-corrected chi connectivity index (χ1v) is 7.89. The molecule has 0 bridgehead atoms. The zero-order valence-electron chi connectivity index (χ0n) is 13.1. The number of halogens is 1. The SMILES string of the molecule is Cn1nc(CC(=O)NCc2ccccc2Cl)c2ccccc2c1=O. The molecule has 24 heavy (non-hydrogen) atoms. The van der Waals surface area contributed by atoms with Crippen molar-refractivity contribution in [3.8, 4) is 0 Å². The topological polar surface area (TPSA) is 64.0 Å². The third kappa shape index (κ3) is 3.31. The van der Waals surface area contributed by atoms with Crippen LogP contribution < -0.4 is 10.9 Å². The van der Waals surface area contributed by atoms with Gasteiger partial charge < -0.3 is 5.32 Å². The summed E-state index contributed by atoms with van der Waals surface area (Å²) < 4.78 is 1.26. The van der Waals surface area contributed by atoms with Crippen LogP contribution in [0.25, 0.3) is 10.8 Å². The van der Waals surface area contributed by atoms with Crippen molar-refractivity contribution in [2.75, 3.05) is 0 Å². The van der Waals surface area contributed by atoms with E-state index < -0.39 is 0 Å². The van der Waals surface area contributed by atoms with Crippen LogP contribution in [0.1, 0.15) is 11.3 Å². The predicted octanol–water partition coefficient (Wildman–Crippen LogP) is 2.45. The Kier molecular flexibility index (Phi) is 4.62. The van der Waals surface area contributed by atoms with Crippen LogP contribution >= 0.6 is 11.6 Å². The summed E-state index contributed by atoms with van der Waals surface area (Å²) >= 11 is 6.08. The molecule has 6 heteroatoms. The second-order valence-corrected chi connectivity index (χ2v) is 5.87. The summed E-state index contributed by atoms with van der Waals surface area (Å²) in [4.78, 5) is 24.4. The van der Waals surface area contributed by atoms with Crippen LogP contribution in [0.15, 0.2) is 53.3 Å². The van der Waals surface area contributed by atoms with Crippen LogP contribution in [0.3, 0.4) is 0 Å².